The molecule has 1 heterocycles. The maximum atomic E-state index is 10.5. The second-order valence-corrected chi connectivity index (χ2v) is 7.98. The molecule has 1 aliphatic rings. The molecule has 3 N–H and O–H groups in total. The Morgan fingerprint density at radius 3 is 2.77 bits per heavy atom. The van der Waals surface area contributed by atoms with Gasteiger partial charge in [-0.1, -0.05) is 43.0 Å². The van der Waals surface area contributed by atoms with Crippen LogP contribution in [0.5, 0.6) is 0 Å². The summed E-state index contributed by atoms with van der Waals surface area (Å²) < 4.78 is 0. The lowest BCUT2D eigenvalue weighted by Gasteiger charge is -2.30. The van der Waals surface area contributed by atoms with Crippen molar-refractivity contribution in [1.29, 1.82) is 0 Å². The van der Waals surface area contributed by atoms with Gasteiger partial charge in [0.15, 0.2) is 0 Å². The van der Waals surface area contributed by atoms with Gasteiger partial charge in [-0.2, -0.15) is 0 Å². The van der Waals surface area contributed by atoms with E-state index >= 15 is 0 Å². The third kappa shape index (κ3) is 7.90. The highest BCUT2D eigenvalue weighted by molar-refractivity contribution is 5.92. The van der Waals surface area contributed by atoms with Gasteiger partial charge >= 0.3 is 0 Å². The monoisotopic (exact) mass is 410 g/mol. The maximum Gasteiger partial charge on any atom is 0.0839 e. The summed E-state index contributed by atoms with van der Waals surface area (Å²) in [5, 5.41) is 17.0. The molecule has 5 heteroatoms. The number of fused-ring (bicyclic) bond motifs is 1. The van der Waals surface area contributed by atoms with E-state index in [4.69, 9.17) is 0 Å². The minimum absolute atomic E-state index is 0.322. The molecule has 0 spiro atoms. The average Bonchev–Trinajstić information content (AvgIpc) is 2.76. The van der Waals surface area contributed by atoms with Gasteiger partial charge in [0.2, 0.25) is 0 Å². The molecule has 1 aliphatic heterocycles. The fourth-order valence-corrected chi connectivity index (χ4v) is 3.43. The molecular formula is C25H38N4O. The molecule has 0 bridgehead atoms. The second-order valence-electron chi connectivity index (χ2n) is 7.98. The predicted molar refractivity (Wildman–Crippen MR) is 128 cm³/mol. The van der Waals surface area contributed by atoms with Crippen LogP contribution in [0.2, 0.25) is 0 Å². The number of allylic oxidation sites excluding steroid dienone is 2. The number of aliphatic hydroxyl groups is 1. The lowest BCUT2D eigenvalue weighted by atomic mass is 10.00. The maximum absolute atomic E-state index is 10.5. The van der Waals surface area contributed by atoms with E-state index in [-0.39, 0.29) is 0 Å². The molecule has 30 heavy (non-hydrogen) atoms. The first-order chi connectivity index (χ1) is 14.4. The quantitative estimate of drug-likeness (QED) is 0.388. The van der Waals surface area contributed by atoms with Crippen LogP contribution in [0.4, 0.5) is 0 Å². The minimum atomic E-state index is -0.443. The van der Waals surface area contributed by atoms with E-state index in [0.717, 1.165) is 36.5 Å². The van der Waals surface area contributed by atoms with E-state index in [0.29, 0.717) is 25.7 Å². The van der Waals surface area contributed by atoms with Crippen molar-refractivity contribution in [1.82, 2.24) is 15.5 Å². The Balaban J connectivity index is 1.77. The number of benzene rings is 1. The van der Waals surface area contributed by atoms with E-state index < -0.39 is 6.10 Å². The molecule has 0 aromatic heterocycles. The van der Waals surface area contributed by atoms with Crippen molar-refractivity contribution in [2.24, 2.45) is 4.99 Å². The van der Waals surface area contributed by atoms with E-state index in [1.54, 1.807) is 0 Å². The molecule has 164 valence electrons. The van der Waals surface area contributed by atoms with Crippen molar-refractivity contribution in [2.75, 3.05) is 33.2 Å². The van der Waals surface area contributed by atoms with Gasteiger partial charge in [0.25, 0.3) is 0 Å². The van der Waals surface area contributed by atoms with E-state index in [9.17, 15) is 5.11 Å². The van der Waals surface area contributed by atoms with Gasteiger partial charge in [0, 0.05) is 43.6 Å². The van der Waals surface area contributed by atoms with Gasteiger partial charge in [-0.3, -0.25) is 9.89 Å². The second kappa shape index (κ2) is 12.5. The van der Waals surface area contributed by atoms with Gasteiger partial charge < -0.3 is 15.7 Å². The highest BCUT2D eigenvalue weighted by Crippen LogP contribution is 2.18. The first kappa shape index (κ1) is 24.1. The number of nitrogens with zero attached hydrogens (tertiary/aromatic N) is 2. The van der Waals surface area contributed by atoms with Gasteiger partial charge in [0.1, 0.15) is 0 Å². The fourth-order valence-electron chi connectivity index (χ4n) is 3.43. The van der Waals surface area contributed by atoms with Gasteiger partial charge in [0.05, 0.1) is 12.6 Å². The van der Waals surface area contributed by atoms with Crippen molar-refractivity contribution in [3.05, 3.63) is 71.5 Å². The fraction of sp³-hybridized carbons (Fsp3) is 0.480. The molecule has 0 fully saturated rings. The number of hydrogen-bond donors (Lipinski definition) is 3. The summed E-state index contributed by atoms with van der Waals surface area (Å²) in [5.74, 6) is 0. The Morgan fingerprint density at radius 2 is 2.07 bits per heavy atom. The van der Waals surface area contributed by atoms with Crippen molar-refractivity contribution < 1.29 is 5.11 Å². The highest BCUT2D eigenvalue weighted by atomic mass is 16.3. The van der Waals surface area contributed by atoms with Crippen molar-refractivity contribution in [3.8, 4) is 0 Å². The number of rotatable bonds is 11. The van der Waals surface area contributed by atoms with Crippen LogP contribution in [0, 0.1) is 0 Å². The SMILES string of the molecule is C=C(NCC(O)CN1CCc2ccccc2C1)/C(=C/C)C/N=C(C)\C=C/C(C)NC. The molecule has 5 nitrogen and oxygen atoms in total. The molecule has 0 saturated heterocycles. The van der Waals surface area contributed by atoms with Crippen LogP contribution in [-0.2, 0) is 13.0 Å². The van der Waals surface area contributed by atoms with E-state index in [2.05, 4.69) is 64.4 Å². The zero-order valence-electron chi connectivity index (χ0n) is 19.0. The van der Waals surface area contributed by atoms with Crippen LogP contribution in [-0.4, -0.2) is 61.1 Å². The van der Waals surface area contributed by atoms with Crippen molar-refractivity contribution in [2.45, 2.75) is 45.9 Å². The molecular weight excluding hydrogens is 372 g/mol. The summed E-state index contributed by atoms with van der Waals surface area (Å²) in [6.07, 6.45) is 6.76. The van der Waals surface area contributed by atoms with Crippen molar-refractivity contribution in [3.63, 3.8) is 0 Å². The summed E-state index contributed by atoms with van der Waals surface area (Å²) in [4.78, 5) is 6.95. The minimum Gasteiger partial charge on any atom is -0.390 e. The van der Waals surface area contributed by atoms with Crippen LogP contribution in [0.1, 0.15) is 31.9 Å². The van der Waals surface area contributed by atoms with Crippen LogP contribution in [0.15, 0.2) is 65.3 Å². The highest BCUT2D eigenvalue weighted by Gasteiger charge is 2.18. The smallest absolute Gasteiger partial charge is 0.0839 e. The number of likely N-dealkylation sites (N-methyl/N-ethyl adjacent to an activating group) is 1. The Kier molecular flexibility index (Phi) is 10.0. The zero-order chi connectivity index (χ0) is 21.9. The molecule has 2 atom stereocenters. The molecule has 2 rings (SSSR count). The summed E-state index contributed by atoms with van der Waals surface area (Å²) in [7, 11) is 1.94. The van der Waals surface area contributed by atoms with Crippen molar-refractivity contribution >= 4 is 5.71 Å². The standard InChI is InChI=1S/C25H38N4O/c1-6-22(15-27-20(3)12-11-19(2)26-5)21(4)28-16-25(30)18-29-14-13-23-9-7-8-10-24(23)17-29/h6-12,19,25-26,28,30H,4,13-18H2,1-3,5H3/b12-11-,22-6+,27-20-. The van der Waals surface area contributed by atoms with Gasteiger partial charge in [-0.05, 0) is 57.0 Å². The topological polar surface area (TPSA) is 59.9 Å². The lowest BCUT2D eigenvalue weighted by Crippen LogP contribution is -2.40. The average molecular weight is 411 g/mol. The Labute approximate surface area is 182 Å². The lowest BCUT2D eigenvalue weighted by molar-refractivity contribution is 0.106. The van der Waals surface area contributed by atoms with Crippen LogP contribution < -0.4 is 10.6 Å². The molecule has 0 radical (unpaired) electrons. The number of nitrogens with one attached hydrogen (secondary N) is 2. The summed E-state index contributed by atoms with van der Waals surface area (Å²) in [6, 6.07) is 8.90. The number of β-amino-alcohol motifs (C(OH)–C–C–N with tert-alkyl or cyclic N) is 1. The molecule has 0 amide bonds. The summed E-state index contributed by atoms with van der Waals surface area (Å²) >= 11 is 0. The molecule has 0 saturated carbocycles. The Morgan fingerprint density at radius 1 is 1.33 bits per heavy atom. The number of aliphatic hydroxyl groups excluding tert-OH is 1. The zero-order valence-corrected chi connectivity index (χ0v) is 19.0. The number of aliphatic imine (C=N–C) groups is 1. The van der Waals surface area contributed by atoms with Crippen LogP contribution >= 0.6 is 0 Å². The molecule has 2 unspecified atom stereocenters. The van der Waals surface area contributed by atoms with Gasteiger partial charge in [-0.25, -0.2) is 0 Å². The van der Waals surface area contributed by atoms with Crippen LogP contribution in [0.25, 0.3) is 0 Å². The Bertz CT molecular complexity index is 781. The van der Waals surface area contributed by atoms with E-state index in [1.165, 1.54) is 11.1 Å². The third-order valence-corrected chi connectivity index (χ3v) is 5.55. The predicted octanol–water partition coefficient (Wildman–Crippen LogP) is 3.08. The first-order valence-corrected chi connectivity index (χ1v) is 10.8. The molecule has 1 aromatic carbocycles. The van der Waals surface area contributed by atoms with E-state index in [1.807, 2.05) is 33.0 Å². The first-order valence-electron chi connectivity index (χ1n) is 10.8. The largest absolute Gasteiger partial charge is 0.390 e. The third-order valence-electron chi connectivity index (χ3n) is 5.55. The normalized spacial score (nSPS) is 17.6. The van der Waals surface area contributed by atoms with Crippen LogP contribution in [0.3, 0.4) is 0 Å². The van der Waals surface area contributed by atoms with Gasteiger partial charge in [-0.15, -0.1) is 0 Å². The molecule has 1 aromatic rings. The molecule has 0 aliphatic carbocycles. The number of hydrogen-bond acceptors (Lipinski definition) is 5. The summed E-state index contributed by atoms with van der Waals surface area (Å²) in [5.41, 5.74) is 5.65. The summed E-state index contributed by atoms with van der Waals surface area (Å²) in [6.45, 7) is 13.8. The Hall–Kier alpha value is -2.21.